The first-order valence-electron chi connectivity index (χ1n) is 6.47. The summed E-state index contributed by atoms with van der Waals surface area (Å²) in [5, 5.41) is 21.3. The number of carbonyl (C=O) groups is 1. The van der Waals surface area contributed by atoms with Crippen molar-refractivity contribution in [3.63, 3.8) is 0 Å². The molecule has 0 aliphatic rings. The molecule has 0 bridgehead atoms. The molecule has 22 heavy (non-hydrogen) atoms. The Bertz CT molecular complexity index is 858. The molecule has 0 fully saturated rings. The van der Waals surface area contributed by atoms with Crippen molar-refractivity contribution in [2.24, 2.45) is 0 Å². The fraction of sp³-hybridized carbons (Fsp3) is 0.0714. The molecule has 1 aromatic carbocycles. The van der Waals surface area contributed by atoms with Crippen molar-refractivity contribution in [2.45, 2.75) is 6.42 Å². The first-order chi connectivity index (χ1) is 10.6. The van der Waals surface area contributed by atoms with Crippen LogP contribution in [0.1, 0.15) is 5.56 Å². The quantitative estimate of drug-likeness (QED) is 0.584. The van der Waals surface area contributed by atoms with Crippen LogP contribution in [0.25, 0.3) is 5.65 Å². The second-order valence-corrected chi connectivity index (χ2v) is 4.56. The molecule has 0 aliphatic heterocycles. The summed E-state index contributed by atoms with van der Waals surface area (Å²) in [7, 11) is 0. The number of pyridine rings is 1. The second-order valence-electron chi connectivity index (χ2n) is 4.56. The van der Waals surface area contributed by atoms with Crippen molar-refractivity contribution in [2.75, 3.05) is 5.32 Å². The predicted octanol–water partition coefficient (Wildman–Crippen LogP) is 1.82. The van der Waals surface area contributed by atoms with Gasteiger partial charge in [0.15, 0.2) is 5.65 Å². The summed E-state index contributed by atoms with van der Waals surface area (Å²) in [6.07, 6.45) is 1.61. The van der Waals surface area contributed by atoms with Gasteiger partial charge in [-0.1, -0.05) is 24.3 Å². The Balaban J connectivity index is 1.80. The lowest BCUT2D eigenvalue weighted by Gasteiger charge is -2.04. The van der Waals surface area contributed by atoms with Crippen molar-refractivity contribution < 1.29 is 9.72 Å². The summed E-state index contributed by atoms with van der Waals surface area (Å²) in [5.74, 6) is -0.119. The van der Waals surface area contributed by atoms with Gasteiger partial charge in [0, 0.05) is 17.8 Å². The Hall–Kier alpha value is -3.29. The van der Waals surface area contributed by atoms with Gasteiger partial charge in [-0.2, -0.15) is 0 Å². The average molecular weight is 297 g/mol. The molecule has 0 aliphatic carbocycles. The van der Waals surface area contributed by atoms with E-state index >= 15 is 0 Å². The third kappa shape index (κ3) is 2.62. The number of nitro groups is 1. The number of aromatic nitrogens is 3. The van der Waals surface area contributed by atoms with Gasteiger partial charge < -0.3 is 0 Å². The summed E-state index contributed by atoms with van der Waals surface area (Å²) in [6.45, 7) is 0. The Morgan fingerprint density at radius 1 is 1.18 bits per heavy atom. The van der Waals surface area contributed by atoms with Crippen molar-refractivity contribution in [3.8, 4) is 0 Å². The van der Waals surface area contributed by atoms with E-state index in [-0.39, 0.29) is 18.1 Å². The van der Waals surface area contributed by atoms with Gasteiger partial charge in [-0.05, 0) is 12.1 Å². The number of amides is 1. The number of hydrogen-bond donors (Lipinski definition) is 1. The lowest BCUT2D eigenvalue weighted by Crippen LogP contribution is -2.17. The molecule has 0 radical (unpaired) electrons. The zero-order valence-electron chi connectivity index (χ0n) is 11.3. The van der Waals surface area contributed by atoms with Gasteiger partial charge in [0.25, 0.3) is 5.69 Å². The first kappa shape index (κ1) is 13.7. The van der Waals surface area contributed by atoms with Gasteiger partial charge in [0.05, 0.1) is 11.3 Å². The van der Waals surface area contributed by atoms with E-state index in [1.807, 2.05) is 6.07 Å². The minimum absolute atomic E-state index is 0.0799. The van der Waals surface area contributed by atoms with Crippen molar-refractivity contribution in [1.82, 2.24) is 14.6 Å². The highest BCUT2D eigenvalue weighted by molar-refractivity contribution is 5.91. The Morgan fingerprint density at radius 3 is 2.77 bits per heavy atom. The molecule has 8 heteroatoms. The van der Waals surface area contributed by atoms with Gasteiger partial charge in [0.2, 0.25) is 11.9 Å². The number of benzene rings is 1. The highest BCUT2D eigenvalue weighted by Gasteiger charge is 2.16. The highest BCUT2D eigenvalue weighted by atomic mass is 16.6. The van der Waals surface area contributed by atoms with Gasteiger partial charge in [-0.15, -0.1) is 10.2 Å². The normalized spacial score (nSPS) is 10.5. The maximum absolute atomic E-state index is 12.1. The molecule has 0 atom stereocenters. The van der Waals surface area contributed by atoms with Crippen LogP contribution in [0.3, 0.4) is 0 Å². The Labute approximate surface area is 124 Å². The third-order valence-corrected chi connectivity index (χ3v) is 3.10. The van der Waals surface area contributed by atoms with E-state index in [2.05, 4.69) is 15.5 Å². The van der Waals surface area contributed by atoms with Crippen LogP contribution in [0.2, 0.25) is 0 Å². The monoisotopic (exact) mass is 297 g/mol. The van der Waals surface area contributed by atoms with Crippen LogP contribution in [0, 0.1) is 10.1 Å². The van der Waals surface area contributed by atoms with E-state index in [1.165, 1.54) is 6.07 Å². The van der Waals surface area contributed by atoms with Crippen LogP contribution in [-0.4, -0.2) is 25.4 Å². The molecule has 1 N–H and O–H groups in total. The zero-order valence-corrected chi connectivity index (χ0v) is 11.3. The van der Waals surface area contributed by atoms with E-state index < -0.39 is 10.8 Å². The smallest absolute Gasteiger partial charge is 0.273 e. The Morgan fingerprint density at radius 2 is 1.95 bits per heavy atom. The number of nitrogens with one attached hydrogen (secondary N) is 1. The molecule has 0 saturated carbocycles. The average Bonchev–Trinajstić information content (AvgIpc) is 2.91. The van der Waals surface area contributed by atoms with Crippen LogP contribution in [0.4, 0.5) is 11.6 Å². The van der Waals surface area contributed by atoms with E-state index in [0.717, 1.165) is 0 Å². The van der Waals surface area contributed by atoms with Crippen molar-refractivity contribution >= 4 is 23.2 Å². The molecule has 8 nitrogen and oxygen atoms in total. The maximum atomic E-state index is 12.1. The molecule has 0 spiro atoms. The maximum Gasteiger partial charge on any atom is 0.273 e. The number of fused-ring (bicyclic) bond motifs is 1. The van der Waals surface area contributed by atoms with Crippen LogP contribution < -0.4 is 5.32 Å². The van der Waals surface area contributed by atoms with Crippen LogP contribution in [-0.2, 0) is 11.2 Å². The lowest BCUT2D eigenvalue weighted by atomic mass is 10.1. The molecule has 3 aromatic rings. The molecule has 110 valence electrons. The molecule has 2 aromatic heterocycles. The molecule has 3 rings (SSSR count). The Kier molecular flexibility index (Phi) is 3.48. The summed E-state index contributed by atoms with van der Waals surface area (Å²) in [4.78, 5) is 22.5. The summed E-state index contributed by atoms with van der Waals surface area (Å²) in [6, 6.07) is 11.5. The highest BCUT2D eigenvalue weighted by Crippen LogP contribution is 2.18. The van der Waals surface area contributed by atoms with E-state index in [9.17, 15) is 14.9 Å². The second kappa shape index (κ2) is 5.60. The summed E-state index contributed by atoms with van der Waals surface area (Å²) >= 11 is 0. The minimum atomic E-state index is -0.505. The van der Waals surface area contributed by atoms with Gasteiger partial charge in [-0.25, -0.2) is 0 Å². The van der Waals surface area contributed by atoms with Crippen LogP contribution in [0.15, 0.2) is 48.7 Å². The first-order valence-corrected chi connectivity index (χ1v) is 6.47. The fourth-order valence-corrected chi connectivity index (χ4v) is 2.11. The molecule has 2 heterocycles. The molecule has 0 saturated heterocycles. The largest absolute Gasteiger partial charge is 0.294 e. The summed E-state index contributed by atoms with van der Waals surface area (Å²) < 4.78 is 1.62. The van der Waals surface area contributed by atoms with Gasteiger partial charge in [0.1, 0.15) is 0 Å². The molecular formula is C14H11N5O3. The lowest BCUT2D eigenvalue weighted by molar-refractivity contribution is -0.385. The van der Waals surface area contributed by atoms with Gasteiger partial charge in [-0.3, -0.25) is 24.6 Å². The number of nitro benzene ring substituents is 1. The fourth-order valence-electron chi connectivity index (χ4n) is 2.11. The van der Waals surface area contributed by atoms with Crippen molar-refractivity contribution in [1.29, 1.82) is 0 Å². The molecule has 0 unspecified atom stereocenters. The molecular weight excluding hydrogens is 286 g/mol. The number of carbonyl (C=O) groups excluding carboxylic acids is 1. The van der Waals surface area contributed by atoms with Gasteiger partial charge >= 0.3 is 0 Å². The number of para-hydroxylation sites is 1. The summed E-state index contributed by atoms with van der Waals surface area (Å²) in [5.41, 5.74) is 0.867. The third-order valence-electron chi connectivity index (χ3n) is 3.10. The predicted molar refractivity (Wildman–Crippen MR) is 78.4 cm³/mol. The van der Waals surface area contributed by atoms with Crippen LogP contribution in [0.5, 0.6) is 0 Å². The van der Waals surface area contributed by atoms with E-state index in [4.69, 9.17) is 0 Å². The van der Waals surface area contributed by atoms with E-state index in [1.54, 1.807) is 40.9 Å². The van der Waals surface area contributed by atoms with Crippen LogP contribution >= 0.6 is 0 Å². The van der Waals surface area contributed by atoms with E-state index in [0.29, 0.717) is 11.2 Å². The number of anilines is 1. The van der Waals surface area contributed by atoms with Crippen molar-refractivity contribution in [3.05, 3.63) is 64.3 Å². The zero-order chi connectivity index (χ0) is 15.5. The number of nitrogens with zero attached hydrogens (tertiary/aromatic N) is 4. The minimum Gasteiger partial charge on any atom is -0.294 e. The SMILES string of the molecule is O=C(Cc1ccccc1[N+](=O)[O-])Nc1nnc2ccccn12. The molecule has 1 amide bonds. The number of hydrogen-bond acceptors (Lipinski definition) is 5. The number of rotatable bonds is 4. The topological polar surface area (TPSA) is 102 Å². The standard InChI is InChI=1S/C14H11N5O3/c20-13(9-10-5-1-2-6-11(10)19(21)22)15-14-17-16-12-7-3-4-8-18(12)14/h1-8H,9H2,(H,15,17,20).